The largest absolute Gasteiger partial charge is 0.491 e. The van der Waals surface area contributed by atoms with Gasteiger partial charge in [-0.3, -0.25) is 4.79 Å². The Morgan fingerprint density at radius 1 is 1.14 bits per heavy atom. The Balaban J connectivity index is 1.74. The molecule has 0 bridgehead atoms. The van der Waals surface area contributed by atoms with Crippen molar-refractivity contribution in [1.82, 2.24) is 14.9 Å². The summed E-state index contributed by atoms with van der Waals surface area (Å²) in [5, 5.41) is 2.85. The van der Waals surface area contributed by atoms with Gasteiger partial charge in [0.2, 0.25) is 5.91 Å². The molecule has 6 heteroatoms. The zero-order valence-corrected chi connectivity index (χ0v) is 16.6. The predicted molar refractivity (Wildman–Crippen MR) is 109 cm³/mol. The Kier molecular flexibility index (Phi) is 6.66. The van der Waals surface area contributed by atoms with Crippen LogP contribution >= 0.6 is 0 Å². The number of imidazole rings is 1. The van der Waals surface area contributed by atoms with Gasteiger partial charge in [0.25, 0.3) is 0 Å². The normalized spacial score (nSPS) is 11.1. The van der Waals surface area contributed by atoms with Crippen molar-refractivity contribution in [2.45, 2.75) is 32.9 Å². The fourth-order valence-corrected chi connectivity index (χ4v) is 3.21. The van der Waals surface area contributed by atoms with Gasteiger partial charge in [-0.1, -0.05) is 44.2 Å². The molecule has 3 rings (SSSR count). The molecule has 1 aromatic heterocycles. The molecule has 2 aromatic carbocycles. The minimum Gasteiger partial charge on any atom is -0.491 e. The van der Waals surface area contributed by atoms with Crippen LogP contribution in [0, 0.1) is 0 Å². The van der Waals surface area contributed by atoms with Gasteiger partial charge in [-0.2, -0.15) is 0 Å². The molecule has 3 aromatic rings. The molecule has 0 radical (unpaired) electrons. The highest BCUT2D eigenvalue weighted by atomic mass is 16.5. The van der Waals surface area contributed by atoms with E-state index in [0.29, 0.717) is 25.6 Å². The number of nitrogens with one attached hydrogen (secondary N) is 1. The van der Waals surface area contributed by atoms with Gasteiger partial charge in [-0.25, -0.2) is 4.98 Å². The van der Waals surface area contributed by atoms with Crippen molar-refractivity contribution in [2.75, 3.05) is 20.3 Å². The highest BCUT2D eigenvalue weighted by Crippen LogP contribution is 2.26. The third kappa shape index (κ3) is 4.70. The van der Waals surface area contributed by atoms with E-state index >= 15 is 0 Å². The van der Waals surface area contributed by atoms with E-state index in [2.05, 4.69) is 34.8 Å². The van der Waals surface area contributed by atoms with E-state index in [-0.39, 0.29) is 12.5 Å². The SMILES string of the molecule is COCC(=O)NCc1nc2ccccc2n1CCOc1ccccc1C(C)C. The lowest BCUT2D eigenvalue weighted by atomic mass is 10.0. The first-order chi connectivity index (χ1) is 13.6. The molecule has 6 nitrogen and oxygen atoms in total. The topological polar surface area (TPSA) is 65.4 Å². The fraction of sp³-hybridized carbons (Fsp3) is 0.364. The molecule has 0 aliphatic carbocycles. The van der Waals surface area contributed by atoms with Crippen LogP contribution in [-0.4, -0.2) is 35.8 Å². The molecule has 0 spiro atoms. The number of aromatic nitrogens is 2. The van der Waals surface area contributed by atoms with E-state index < -0.39 is 0 Å². The molecular weight excluding hydrogens is 354 g/mol. The Hall–Kier alpha value is -2.86. The zero-order chi connectivity index (χ0) is 19.9. The first-order valence-corrected chi connectivity index (χ1v) is 9.51. The van der Waals surface area contributed by atoms with Crippen LogP contribution in [0.5, 0.6) is 5.75 Å². The number of ether oxygens (including phenoxy) is 2. The van der Waals surface area contributed by atoms with E-state index in [1.54, 1.807) is 0 Å². The van der Waals surface area contributed by atoms with E-state index in [1.807, 2.05) is 42.5 Å². The molecule has 0 unspecified atom stereocenters. The van der Waals surface area contributed by atoms with Crippen LogP contribution in [0.25, 0.3) is 11.0 Å². The van der Waals surface area contributed by atoms with E-state index in [0.717, 1.165) is 22.6 Å². The van der Waals surface area contributed by atoms with Gasteiger partial charge in [-0.15, -0.1) is 0 Å². The number of rotatable bonds is 9. The number of nitrogens with zero attached hydrogens (tertiary/aromatic N) is 2. The molecule has 28 heavy (non-hydrogen) atoms. The Morgan fingerprint density at radius 2 is 1.89 bits per heavy atom. The fourth-order valence-electron chi connectivity index (χ4n) is 3.21. The quantitative estimate of drug-likeness (QED) is 0.616. The van der Waals surface area contributed by atoms with Gasteiger partial charge in [0.15, 0.2) is 0 Å². The summed E-state index contributed by atoms with van der Waals surface area (Å²) in [6.07, 6.45) is 0. The number of hydrogen-bond acceptors (Lipinski definition) is 4. The third-order valence-electron chi connectivity index (χ3n) is 4.57. The second-order valence-electron chi connectivity index (χ2n) is 6.92. The van der Waals surface area contributed by atoms with Gasteiger partial charge in [0.1, 0.15) is 24.8 Å². The van der Waals surface area contributed by atoms with Gasteiger partial charge in [0, 0.05) is 7.11 Å². The number of amides is 1. The standard InChI is InChI=1S/C22H27N3O3/c1-16(2)17-8-4-7-11-20(17)28-13-12-25-19-10-6-5-9-18(19)24-21(25)14-23-22(26)15-27-3/h4-11,16H,12-15H2,1-3H3,(H,23,26). The Bertz CT molecular complexity index is 934. The van der Waals surface area contributed by atoms with Crippen molar-refractivity contribution in [3.05, 3.63) is 59.9 Å². The van der Waals surface area contributed by atoms with Crippen LogP contribution in [0.1, 0.15) is 31.2 Å². The maximum atomic E-state index is 11.7. The summed E-state index contributed by atoms with van der Waals surface area (Å²) < 4.78 is 13.0. The van der Waals surface area contributed by atoms with E-state index in [1.165, 1.54) is 12.7 Å². The lowest BCUT2D eigenvalue weighted by Gasteiger charge is -2.15. The van der Waals surface area contributed by atoms with Crippen LogP contribution in [0.2, 0.25) is 0 Å². The first kappa shape index (κ1) is 19.9. The third-order valence-corrected chi connectivity index (χ3v) is 4.57. The Morgan fingerprint density at radius 3 is 2.68 bits per heavy atom. The maximum absolute atomic E-state index is 11.7. The van der Waals surface area contributed by atoms with Gasteiger partial charge < -0.3 is 19.4 Å². The molecule has 1 heterocycles. The Labute approximate surface area is 165 Å². The highest BCUT2D eigenvalue weighted by molar-refractivity contribution is 5.78. The molecule has 0 aliphatic rings. The minimum absolute atomic E-state index is 0.0370. The average molecular weight is 381 g/mol. The summed E-state index contributed by atoms with van der Waals surface area (Å²) in [4.78, 5) is 16.4. The van der Waals surface area contributed by atoms with Crippen molar-refractivity contribution in [3.8, 4) is 5.75 Å². The van der Waals surface area contributed by atoms with Crippen LogP contribution < -0.4 is 10.1 Å². The second-order valence-corrected chi connectivity index (χ2v) is 6.92. The lowest BCUT2D eigenvalue weighted by Crippen LogP contribution is -2.28. The maximum Gasteiger partial charge on any atom is 0.246 e. The second kappa shape index (κ2) is 9.37. The van der Waals surface area contributed by atoms with Crippen molar-refractivity contribution in [2.24, 2.45) is 0 Å². The van der Waals surface area contributed by atoms with Crippen molar-refractivity contribution < 1.29 is 14.3 Å². The molecule has 148 valence electrons. The van der Waals surface area contributed by atoms with Crippen molar-refractivity contribution in [3.63, 3.8) is 0 Å². The number of methoxy groups -OCH3 is 1. The summed E-state index contributed by atoms with van der Waals surface area (Å²) in [6, 6.07) is 16.1. The molecule has 0 saturated carbocycles. The van der Waals surface area contributed by atoms with Crippen LogP contribution in [-0.2, 0) is 22.6 Å². The van der Waals surface area contributed by atoms with Crippen molar-refractivity contribution >= 4 is 16.9 Å². The number of hydrogen-bond donors (Lipinski definition) is 1. The van der Waals surface area contributed by atoms with Gasteiger partial charge >= 0.3 is 0 Å². The van der Waals surface area contributed by atoms with E-state index in [4.69, 9.17) is 9.47 Å². The summed E-state index contributed by atoms with van der Waals surface area (Å²) >= 11 is 0. The molecule has 0 atom stereocenters. The number of benzene rings is 2. The van der Waals surface area contributed by atoms with Crippen LogP contribution in [0.4, 0.5) is 0 Å². The summed E-state index contributed by atoms with van der Waals surface area (Å²) in [5.74, 6) is 1.95. The number of carbonyl (C=O) groups is 1. The lowest BCUT2D eigenvalue weighted by molar-refractivity contribution is -0.124. The van der Waals surface area contributed by atoms with Crippen molar-refractivity contribution in [1.29, 1.82) is 0 Å². The first-order valence-electron chi connectivity index (χ1n) is 9.51. The van der Waals surface area contributed by atoms with Crippen LogP contribution in [0.3, 0.4) is 0 Å². The monoisotopic (exact) mass is 381 g/mol. The molecule has 1 N–H and O–H groups in total. The van der Waals surface area contributed by atoms with E-state index in [9.17, 15) is 4.79 Å². The van der Waals surface area contributed by atoms with Crippen LogP contribution in [0.15, 0.2) is 48.5 Å². The highest BCUT2D eigenvalue weighted by Gasteiger charge is 2.12. The molecule has 0 saturated heterocycles. The van der Waals surface area contributed by atoms with Gasteiger partial charge in [-0.05, 0) is 29.7 Å². The smallest absolute Gasteiger partial charge is 0.246 e. The number of fused-ring (bicyclic) bond motifs is 1. The average Bonchev–Trinajstić information content (AvgIpc) is 3.04. The molecule has 0 fully saturated rings. The predicted octanol–water partition coefficient (Wildman–Crippen LogP) is 3.50. The summed E-state index contributed by atoms with van der Waals surface area (Å²) in [5.41, 5.74) is 3.13. The van der Waals surface area contributed by atoms with Gasteiger partial charge in [0.05, 0.1) is 24.1 Å². The number of carbonyl (C=O) groups excluding carboxylic acids is 1. The number of para-hydroxylation sites is 3. The minimum atomic E-state index is -0.164. The molecule has 1 amide bonds. The zero-order valence-electron chi connectivity index (χ0n) is 16.6. The summed E-state index contributed by atoms with van der Waals surface area (Å²) in [7, 11) is 1.50. The molecular formula is C22H27N3O3. The molecule has 0 aliphatic heterocycles. The summed E-state index contributed by atoms with van der Waals surface area (Å²) in [6.45, 7) is 5.86.